The van der Waals surface area contributed by atoms with Crippen LogP contribution in [0.1, 0.15) is 71.6 Å². The van der Waals surface area contributed by atoms with Gasteiger partial charge in [0.05, 0.1) is 0 Å². The fraction of sp³-hybridized carbons (Fsp3) is 0.241. The van der Waals surface area contributed by atoms with Gasteiger partial charge in [0.15, 0.2) is 0 Å². The number of aryl methyl sites for hydroxylation is 2. The molecule has 1 fully saturated rings. The Bertz CT molecular complexity index is 1070. The van der Waals surface area contributed by atoms with Gasteiger partial charge in [0, 0.05) is 22.3 Å². The minimum atomic E-state index is 0.647. The van der Waals surface area contributed by atoms with Crippen LogP contribution in [0.4, 0.5) is 0 Å². The molecule has 4 rings (SSSR count). The van der Waals surface area contributed by atoms with E-state index in [0.717, 1.165) is 22.3 Å². The molecular weight excluding hydrogens is 348 g/mol. The SMILES string of the molecule is CC.Cc1ccc(C#Cc2ccc(C#Cc3ccc(C)cc3)c(C3CC3)c2)cc1. The highest BCUT2D eigenvalue weighted by Crippen LogP contribution is 2.41. The molecule has 0 bridgehead atoms. The fourth-order valence-corrected chi connectivity index (χ4v) is 3.04. The molecule has 0 aliphatic heterocycles. The molecule has 144 valence electrons. The van der Waals surface area contributed by atoms with Crippen LogP contribution in [0.5, 0.6) is 0 Å². The zero-order chi connectivity index (χ0) is 20.6. The van der Waals surface area contributed by atoms with Gasteiger partial charge in [0.1, 0.15) is 0 Å². The van der Waals surface area contributed by atoms with Gasteiger partial charge in [-0.25, -0.2) is 0 Å². The molecule has 0 aromatic heterocycles. The summed E-state index contributed by atoms with van der Waals surface area (Å²) in [6.45, 7) is 8.19. The molecule has 0 atom stereocenters. The predicted molar refractivity (Wildman–Crippen MR) is 124 cm³/mol. The van der Waals surface area contributed by atoms with Gasteiger partial charge in [-0.3, -0.25) is 0 Å². The first kappa shape index (κ1) is 20.5. The third kappa shape index (κ3) is 5.88. The van der Waals surface area contributed by atoms with E-state index >= 15 is 0 Å². The van der Waals surface area contributed by atoms with Gasteiger partial charge in [-0.15, -0.1) is 0 Å². The maximum absolute atomic E-state index is 3.38. The van der Waals surface area contributed by atoms with Crippen molar-refractivity contribution < 1.29 is 0 Å². The zero-order valence-corrected chi connectivity index (χ0v) is 17.8. The molecule has 1 aliphatic carbocycles. The zero-order valence-electron chi connectivity index (χ0n) is 17.8. The molecule has 0 spiro atoms. The van der Waals surface area contributed by atoms with Crippen molar-refractivity contribution in [3.63, 3.8) is 0 Å². The molecule has 1 saturated carbocycles. The van der Waals surface area contributed by atoms with E-state index < -0.39 is 0 Å². The lowest BCUT2D eigenvalue weighted by molar-refractivity contribution is 1.12. The van der Waals surface area contributed by atoms with E-state index in [1.54, 1.807) is 0 Å². The normalized spacial score (nSPS) is 11.9. The van der Waals surface area contributed by atoms with E-state index in [1.165, 1.54) is 29.5 Å². The Labute approximate surface area is 176 Å². The van der Waals surface area contributed by atoms with E-state index in [1.807, 2.05) is 13.8 Å². The van der Waals surface area contributed by atoms with E-state index in [4.69, 9.17) is 0 Å². The average molecular weight is 377 g/mol. The van der Waals surface area contributed by atoms with Crippen LogP contribution in [0.25, 0.3) is 0 Å². The minimum absolute atomic E-state index is 0.647. The second kappa shape index (κ2) is 9.82. The van der Waals surface area contributed by atoms with Crippen molar-refractivity contribution in [1.29, 1.82) is 0 Å². The van der Waals surface area contributed by atoms with E-state index in [-0.39, 0.29) is 0 Å². The summed E-state index contributed by atoms with van der Waals surface area (Å²) in [7, 11) is 0. The smallest absolute Gasteiger partial charge is 0.0284 e. The third-order valence-electron chi connectivity index (χ3n) is 4.86. The van der Waals surface area contributed by atoms with Gasteiger partial charge in [0.2, 0.25) is 0 Å². The van der Waals surface area contributed by atoms with Crippen LogP contribution in [-0.2, 0) is 0 Å². The summed E-state index contributed by atoms with van der Waals surface area (Å²) in [5.41, 5.74) is 8.19. The van der Waals surface area contributed by atoms with Gasteiger partial charge < -0.3 is 0 Å². The largest absolute Gasteiger partial charge is 0.0683 e. The molecule has 29 heavy (non-hydrogen) atoms. The van der Waals surface area contributed by atoms with Crippen LogP contribution in [0, 0.1) is 37.5 Å². The minimum Gasteiger partial charge on any atom is -0.0683 e. The van der Waals surface area contributed by atoms with Crippen molar-refractivity contribution >= 4 is 0 Å². The molecule has 0 unspecified atom stereocenters. The number of hydrogen-bond acceptors (Lipinski definition) is 0. The first-order valence-corrected chi connectivity index (χ1v) is 10.5. The van der Waals surface area contributed by atoms with Crippen molar-refractivity contribution in [3.05, 3.63) is 106 Å². The highest BCUT2D eigenvalue weighted by atomic mass is 14.3. The van der Waals surface area contributed by atoms with Crippen LogP contribution < -0.4 is 0 Å². The lowest BCUT2D eigenvalue weighted by Gasteiger charge is -2.03. The summed E-state index contributed by atoms with van der Waals surface area (Å²) in [5.74, 6) is 13.9. The fourth-order valence-electron chi connectivity index (χ4n) is 3.04. The van der Waals surface area contributed by atoms with Crippen molar-refractivity contribution in [2.45, 2.75) is 46.5 Å². The van der Waals surface area contributed by atoms with Gasteiger partial charge in [-0.1, -0.05) is 72.9 Å². The van der Waals surface area contributed by atoms with Crippen LogP contribution in [0.2, 0.25) is 0 Å². The highest BCUT2D eigenvalue weighted by Gasteiger charge is 2.25. The Balaban J connectivity index is 0.00000117. The van der Waals surface area contributed by atoms with Gasteiger partial charge >= 0.3 is 0 Å². The lowest BCUT2D eigenvalue weighted by atomic mass is 10.00. The Kier molecular flexibility index (Phi) is 6.94. The quantitative estimate of drug-likeness (QED) is 0.401. The third-order valence-corrected chi connectivity index (χ3v) is 4.86. The van der Waals surface area contributed by atoms with Gasteiger partial charge in [0.25, 0.3) is 0 Å². The Hall–Kier alpha value is -3.22. The molecule has 0 saturated heterocycles. The summed E-state index contributed by atoms with van der Waals surface area (Å²) < 4.78 is 0. The Morgan fingerprint density at radius 3 is 1.55 bits per heavy atom. The van der Waals surface area contributed by atoms with Gasteiger partial charge in [-0.05, 0) is 80.6 Å². The molecular formula is C29H28. The summed E-state index contributed by atoms with van der Waals surface area (Å²) in [4.78, 5) is 0. The molecule has 0 nitrogen and oxygen atoms in total. The molecule has 0 heteroatoms. The standard InChI is InChI=1S/C27H22.C2H6/c1-20-3-7-22(8-4-20)11-12-24-14-16-25(27(19-24)26-17-18-26)15-13-23-9-5-21(2)6-10-23;1-2/h3-10,14,16,19,26H,17-18H2,1-2H3;1-2H3. The van der Waals surface area contributed by atoms with E-state index in [2.05, 4.69) is 104 Å². The maximum atomic E-state index is 3.38. The molecule has 0 heterocycles. The first-order valence-electron chi connectivity index (χ1n) is 10.5. The monoisotopic (exact) mass is 376 g/mol. The molecule has 0 N–H and O–H groups in total. The molecule has 3 aromatic carbocycles. The van der Waals surface area contributed by atoms with Crippen LogP contribution >= 0.6 is 0 Å². The van der Waals surface area contributed by atoms with E-state index in [9.17, 15) is 0 Å². The number of hydrogen-bond donors (Lipinski definition) is 0. The molecule has 0 radical (unpaired) electrons. The van der Waals surface area contributed by atoms with Crippen LogP contribution in [0.3, 0.4) is 0 Å². The lowest BCUT2D eigenvalue weighted by Crippen LogP contribution is -1.89. The number of benzene rings is 3. The highest BCUT2D eigenvalue weighted by molar-refractivity contribution is 5.53. The Morgan fingerprint density at radius 1 is 0.586 bits per heavy atom. The van der Waals surface area contributed by atoms with Gasteiger partial charge in [-0.2, -0.15) is 0 Å². The van der Waals surface area contributed by atoms with Crippen LogP contribution in [0.15, 0.2) is 66.7 Å². The summed E-state index contributed by atoms with van der Waals surface area (Å²) >= 11 is 0. The second-order valence-electron chi connectivity index (χ2n) is 7.31. The summed E-state index contributed by atoms with van der Waals surface area (Å²) in [5, 5.41) is 0. The molecule has 1 aliphatic rings. The first-order chi connectivity index (χ1) is 14.2. The molecule has 3 aromatic rings. The van der Waals surface area contributed by atoms with Crippen LogP contribution in [-0.4, -0.2) is 0 Å². The predicted octanol–water partition coefficient (Wildman–Crippen LogP) is 7.01. The number of rotatable bonds is 1. The van der Waals surface area contributed by atoms with Crippen molar-refractivity contribution in [3.8, 4) is 23.7 Å². The maximum Gasteiger partial charge on any atom is 0.0284 e. The molecule has 0 amide bonds. The van der Waals surface area contributed by atoms with Crippen molar-refractivity contribution in [1.82, 2.24) is 0 Å². The van der Waals surface area contributed by atoms with Crippen molar-refractivity contribution in [2.75, 3.05) is 0 Å². The topological polar surface area (TPSA) is 0 Å². The van der Waals surface area contributed by atoms with Crippen molar-refractivity contribution in [2.24, 2.45) is 0 Å². The second-order valence-corrected chi connectivity index (χ2v) is 7.31. The summed E-state index contributed by atoms with van der Waals surface area (Å²) in [6, 6.07) is 23.2. The van der Waals surface area contributed by atoms with E-state index in [0.29, 0.717) is 5.92 Å². The Morgan fingerprint density at radius 2 is 1.03 bits per heavy atom. The average Bonchev–Trinajstić information content (AvgIpc) is 3.60. The summed E-state index contributed by atoms with van der Waals surface area (Å²) in [6.07, 6.45) is 2.52.